The van der Waals surface area contributed by atoms with Crippen molar-refractivity contribution >= 4 is 11.6 Å². The molecule has 3 rings (SSSR count). The van der Waals surface area contributed by atoms with E-state index in [2.05, 4.69) is 5.16 Å². The fourth-order valence-corrected chi connectivity index (χ4v) is 2.53. The van der Waals surface area contributed by atoms with Gasteiger partial charge in [0.1, 0.15) is 23.7 Å². The summed E-state index contributed by atoms with van der Waals surface area (Å²) in [5.74, 6) is -2.92. The first-order valence-electron chi connectivity index (χ1n) is 7.77. The summed E-state index contributed by atoms with van der Waals surface area (Å²) in [6.45, 7) is -0.0239. The van der Waals surface area contributed by atoms with E-state index in [0.29, 0.717) is 6.42 Å². The van der Waals surface area contributed by atoms with Crippen molar-refractivity contribution in [3.8, 4) is 11.5 Å². The van der Waals surface area contributed by atoms with Gasteiger partial charge in [0.05, 0.1) is 12.8 Å². The minimum absolute atomic E-state index is 0.0239. The molecule has 1 amide bonds. The number of rotatable bonds is 6. The van der Waals surface area contributed by atoms with Gasteiger partial charge in [-0.1, -0.05) is 5.16 Å². The van der Waals surface area contributed by atoms with Crippen molar-refractivity contribution in [3.63, 3.8) is 0 Å². The Morgan fingerprint density at radius 1 is 1.27 bits per heavy atom. The second kappa shape index (κ2) is 7.38. The molecule has 8 heteroatoms. The molecule has 2 N–H and O–H groups in total. The van der Waals surface area contributed by atoms with Gasteiger partial charge in [-0.15, -0.1) is 0 Å². The Balaban J connectivity index is 1.62. The number of oxime groups is 1. The number of primary amides is 1. The molecule has 0 aliphatic carbocycles. The van der Waals surface area contributed by atoms with Crippen LogP contribution in [0.15, 0.2) is 41.6 Å². The summed E-state index contributed by atoms with van der Waals surface area (Å²) < 4.78 is 38.0. The molecule has 0 saturated carbocycles. The topological polar surface area (TPSA) is 83.1 Å². The van der Waals surface area contributed by atoms with Crippen molar-refractivity contribution in [1.82, 2.24) is 0 Å². The number of nitrogens with zero attached hydrogens (tertiary/aromatic N) is 1. The molecule has 1 aliphatic rings. The second-order valence-electron chi connectivity index (χ2n) is 5.61. The van der Waals surface area contributed by atoms with Gasteiger partial charge in [0, 0.05) is 6.42 Å². The summed E-state index contributed by atoms with van der Waals surface area (Å²) in [6.07, 6.45) is 0.0197. The third-order valence-corrected chi connectivity index (χ3v) is 3.88. The molecule has 2 aromatic rings. The fourth-order valence-electron chi connectivity index (χ4n) is 2.53. The lowest BCUT2D eigenvalue weighted by molar-refractivity contribution is 0.0458. The van der Waals surface area contributed by atoms with Gasteiger partial charge in [0.25, 0.3) is 5.91 Å². The van der Waals surface area contributed by atoms with Crippen molar-refractivity contribution in [1.29, 1.82) is 0 Å². The van der Waals surface area contributed by atoms with E-state index in [1.807, 2.05) is 12.1 Å². The van der Waals surface area contributed by atoms with Gasteiger partial charge in [-0.2, -0.15) is 0 Å². The molecule has 136 valence electrons. The quantitative estimate of drug-likeness (QED) is 0.856. The molecule has 1 heterocycles. The van der Waals surface area contributed by atoms with Gasteiger partial charge >= 0.3 is 0 Å². The van der Waals surface area contributed by atoms with Crippen LogP contribution >= 0.6 is 0 Å². The van der Waals surface area contributed by atoms with Gasteiger partial charge in [-0.05, 0) is 42.0 Å². The van der Waals surface area contributed by atoms with E-state index >= 15 is 0 Å². The van der Waals surface area contributed by atoms with E-state index in [9.17, 15) is 13.6 Å². The summed E-state index contributed by atoms with van der Waals surface area (Å²) in [4.78, 5) is 16.4. The summed E-state index contributed by atoms with van der Waals surface area (Å²) >= 11 is 0. The zero-order chi connectivity index (χ0) is 18.7. The Morgan fingerprint density at radius 3 is 2.65 bits per heavy atom. The van der Waals surface area contributed by atoms with Crippen LogP contribution in [0.3, 0.4) is 0 Å². The fraction of sp³-hybridized carbons (Fsp3) is 0.222. The standard InChI is InChI=1S/C18H16F2N2O4/c1-24-11-4-2-10(3-5-11)14-8-12(26-22-14)9-25-15-7-6-13(19)16(17(15)20)18(21)23/h2-7,12H,8-9H2,1H3,(H2,21,23). The normalized spacial score (nSPS) is 16.0. The maximum absolute atomic E-state index is 14.1. The molecule has 1 atom stereocenters. The highest BCUT2D eigenvalue weighted by molar-refractivity contribution is 6.01. The van der Waals surface area contributed by atoms with Crippen LogP contribution in [-0.4, -0.2) is 31.4 Å². The molecule has 26 heavy (non-hydrogen) atoms. The smallest absolute Gasteiger partial charge is 0.254 e. The zero-order valence-electron chi connectivity index (χ0n) is 13.9. The molecular formula is C18H16F2N2O4. The van der Waals surface area contributed by atoms with E-state index in [1.54, 1.807) is 19.2 Å². The van der Waals surface area contributed by atoms with E-state index < -0.39 is 29.2 Å². The summed E-state index contributed by atoms with van der Waals surface area (Å²) in [5, 5.41) is 4.01. The second-order valence-corrected chi connectivity index (χ2v) is 5.61. The van der Waals surface area contributed by atoms with Crippen molar-refractivity contribution in [3.05, 3.63) is 59.2 Å². The van der Waals surface area contributed by atoms with Gasteiger partial charge < -0.3 is 20.0 Å². The van der Waals surface area contributed by atoms with Crippen LogP contribution < -0.4 is 15.2 Å². The third kappa shape index (κ3) is 3.58. The van der Waals surface area contributed by atoms with Crippen molar-refractivity contribution in [2.45, 2.75) is 12.5 Å². The molecule has 1 unspecified atom stereocenters. The molecular weight excluding hydrogens is 346 g/mol. The lowest BCUT2D eigenvalue weighted by Crippen LogP contribution is -2.20. The van der Waals surface area contributed by atoms with Gasteiger partial charge in [-0.25, -0.2) is 8.78 Å². The Kier molecular flexibility index (Phi) is 5.01. The monoisotopic (exact) mass is 362 g/mol. The molecule has 0 fully saturated rings. The van der Waals surface area contributed by atoms with Crippen LogP contribution in [0.5, 0.6) is 11.5 Å². The first kappa shape index (κ1) is 17.7. The highest BCUT2D eigenvalue weighted by Crippen LogP contribution is 2.25. The predicted molar refractivity (Wildman–Crippen MR) is 89.4 cm³/mol. The molecule has 0 aromatic heterocycles. The van der Waals surface area contributed by atoms with Crippen LogP contribution in [0.1, 0.15) is 22.3 Å². The first-order chi connectivity index (χ1) is 12.5. The van der Waals surface area contributed by atoms with Crippen molar-refractivity contribution in [2.24, 2.45) is 10.9 Å². The predicted octanol–water partition coefficient (Wildman–Crippen LogP) is 2.64. The number of carbonyl (C=O) groups is 1. The molecule has 0 radical (unpaired) electrons. The number of nitrogens with two attached hydrogens (primary N) is 1. The summed E-state index contributed by atoms with van der Waals surface area (Å²) in [7, 11) is 1.58. The highest BCUT2D eigenvalue weighted by atomic mass is 19.1. The minimum Gasteiger partial charge on any atom is -0.497 e. The summed E-state index contributed by atoms with van der Waals surface area (Å²) in [5.41, 5.74) is 5.74. The van der Waals surface area contributed by atoms with Crippen molar-refractivity contribution < 1.29 is 27.9 Å². The maximum atomic E-state index is 14.1. The number of amides is 1. The minimum atomic E-state index is -1.20. The average molecular weight is 362 g/mol. The third-order valence-electron chi connectivity index (χ3n) is 3.88. The largest absolute Gasteiger partial charge is 0.497 e. The average Bonchev–Trinajstić information content (AvgIpc) is 3.10. The number of halogens is 2. The Hall–Kier alpha value is -3.16. The molecule has 0 saturated heterocycles. The van der Waals surface area contributed by atoms with E-state index in [0.717, 1.165) is 29.2 Å². The Morgan fingerprint density at radius 2 is 2.00 bits per heavy atom. The molecule has 1 aliphatic heterocycles. The number of carbonyl (C=O) groups excluding carboxylic acids is 1. The number of methoxy groups -OCH3 is 1. The van der Waals surface area contributed by atoms with Crippen LogP contribution in [-0.2, 0) is 4.84 Å². The van der Waals surface area contributed by atoms with E-state index in [4.69, 9.17) is 20.0 Å². The Bertz CT molecular complexity index is 853. The van der Waals surface area contributed by atoms with Crippen LogP contribution in [0.4, 0.5) is 8.78 Å². The molecule has 0 spiro atoms. The van der Waals surface area contributed by atoms with Gasteiger partial charge in [0.15, 0.2) is 17.7 Å². The summed E-state index contributed by atoms with van der Waals surface area (Å²) in [6, 6.07) is 9.33. The first-order valence-corrected chi connectivity index (χ1v) is 7.77. The molecule has 2 aromatic carbocycles. The number of hydrogen-bond acceptors (Lipinski definition) is 5. The lowest BCUT2D eigenvalue weighted by Gasteiger charge is -2.12. The van der Waals surface area contributed by atoms with Crippen LogP contribution in [0, 0.1) is 11.6 Å². The van der Waals surface area contributed by atoms with E-state index in [-0.39, 0.29) is 12.4 Å². The number of ether oxygens (including phenoxy) is 2. The van der Waals surface area contributed by atoms with E-state index in [1.165, 1.54) is 0 Å². The van der Waals surface area contributed by atoms with Crippen molar-refractivity contribution in [2.75, 3.05) is 13.7 Å². The Labute approximate surface area is 148 Å². The lowest BCUT2D eigenvalue weighted by atomic mass is 10.1. The highest BCUT2D eigenvalue weighted by Gasteiger charge is 2.25. The maximum Gasteiger partial charge on any atom is 0.254 e. The van der Waals surface area contributed by atoms with Gasteiger partial charge in [-0.3, -0.25) is 4.79 Å². The number of hydrogen-bond donors (Lipinski definition) is 1. The molecule has 6 nitrogen and oxygen atoms in total. The molecule has 0 bridgehead atoms. The van der Waals surface area contributed by atoms with Crippen LogP contribution in [0.25, 0.3) is 0 Å². The number of benzene rings is 2. The van der Waals surface area contributed by atoms with Gasteiger partial charge in [0.2, 0.25) is 0 Å². The SMILES string of the molecule is COc1ccc(C2=NOC(COc3ccc(F)c(C(N)=O)c3F)C2)cc1. The zero-order valence-corrected chi connectivity index (χ0v) is 13.9. The van der Waals surface area contributed by atoms with Crippen LogP contribution in [0.2, 0.25) is 0 Å².